The van der Waals surface area contributed by atoms with Crippen molar-refractivity contribution >= 4 is 29.1 Å². The number of primary amides is 1. The van der Waals surface area contributed by atoms with E-state index < -0.39 is 11.8 Å². The zero-order valence-electron chi connectivity index (χ0n) is 10.9. The van der Waals surface area contributed by atoms with Gasteiger partial charge in [-0.25, -0.2) is 9.18 Å². The molecule has 0 spiro atoms. The van der Waals surface area contributed by atoms with Crippen LogP contribution in [-0.4, -0.2) is 20.8 Å². The first-order valence-electron chi connectivity index (χ1n) is 6.22. The predicted molar refractivity (Wildman–Crippen MR) is 77.8 cm³/mol. The summed E-state index contributed by atoms with van der Waals surface area (Å²) in [6.45, 7) is 0. The summed E-state index contributed by atoms with van der Waals surface area (Å²) >= 11 is 0. The fourth-order valence-electron chi connectivity index (χ4n) is 2.08. The van der Waals surface area contributed by atoms with Crippen molar-refractivity contribution < 1.29 is 9.18 Å². The van der Waals surface area contributed by atoms with Crippen LogP contribution in [0.15, 0.2) is 42.7 Å². The summed E-state index contributed by atoms with van der Waals surface area (Å²) in [7, 11) is 0. The molecule has 1 amide bonds. The number of para-hydroxylation sites is 1. The van der Waals surface area contributed by atoms with E-state index in [4.69, 9.17) is 5.73 Å². The number of carbonyl (C=O) groups excluding carboxylic acids is 1. The third-order valence-electron chi connectivity index (χ3n) is 3.01. The molecule has 3 rings (SSSR count). The lowest BCUT2D eigenvalue weighted by Crippen LogP contribution is -2.21. The molecule has 0 saturated heterocycles. The van der Waals surface area contributed by atoms with E-state index in [1.54, 1.807) is 42.7 Å². The van der Waals surface area contributed by atoms with Gasteiger partial charge in [-0.15, -0.1) is 0 Å². The number of halogens is 1. The number of benzene rings is 1. The van der Waals surface area contributed by atoms with Crippen molar-refractivity contribution in [3.8, 4) is 0 Å². The van der Waals surface area contributed by atoms with Crippen molar-refractivity contribution in [2.24, 2.45) is 5.73 Å². The zero-order chi connectivity index (χ0) is 14.8. The summed E-state index contributed by atoms with van der Waals surface area (Å²) < 4.78 is 14.7. The Morgan fingerprint density at radius 2 is 2.10 bits per heavy atom. The van der Waals surface area contributed by atoms with Gasteiger partial charge in [-0.2, -0.15) is 9.78 Å². The topological polar surface area (TPSA) is 73.8 Å². The quantitative estimate of drug-likeness (QED) is 0.785. The molecule has 0 unspecified atom stereocenters. The van der Waals surface area contributed by atoms with Gasteiger partial charge < -0.3 is 5.73 Å². The van der Waals surface area contributed by atoms with Gasteiger partial charge >= 0.3 is 6.03 Å². The van der Waals surface area contributed by atoms with E-state index in [0.29, 0.717) is 11.1 Å². The molecule has 0 radical (unpaired) electrons. The highest BCUT2D eigenvalue weighted by atomic mass is 19.1. The molecule has 21 heavy (non-hydrogen) atoms. The van der Waals surface area contributed by atoms with Gasteiger partial charge in [0.15, 0.2) is 0 Å². The normalized spacial score (nSPS) is 11.3. The van der Waals surface area contributed by atoms with E-state index in [-0.39, 0.29) is 5.52 Å². The Kier molecular flexibility index (Phi) is 3.19. The molecule has 0 bridgehead atoms. The van der Waals surface area contributed by atoms with Crippen molar-refractivity contribution in [3.05, 3.63) is 59.8 Å². The highest BCUT2D eigenvalue weighted by Crippen LogP contribution is 2.22. The monoisotopic (exact) mass is 282 g/mol. The second-order valence-electron chi connectivity index (χ2n) is 4.39. The minimum absolute atomic E-state index is 0.0795. The van der Waals surface area contributed by atoms with E-state index in [2.05, 4.69) is 10.1 Å². The maximum absolute atomic E-state index is 13.9. The molecule has 6 heteroatoms. The molecule has 0 atom stereocenters. The molecule has 104 valence electrons. The van der Waals surface area contributed by atoms with Crippen LogP contribution in [0.5, 0.6) is 0 Å². The van der Waals surface area contributed by atoms with E-state index in [9.17, 15) is 9.18 Å². The number of nitrogens with two attached hydrogens (primary N) is 1. The number of aromatic nitrogens is 3. The Morgan fingerprint density at radius 1 is 1.24 bits per heavy atom. The molecular formula is C15H11FN4O. The SMILES string of the molecule is NC(=O)n1nc(C=Cc2cccnc2)c2cccc(F)c21. The number of hydrogen-bond donors (Lipinski definition) is 1. The van der Waals surface area contributed by atoms with Gasteiger partial charge in [0.1, 0.15) is 11.3 Å². The minimum Gasteiger partial charge on any atom is -0.350 e. The first-order valence-corrected chi connectivity index (χ1v) is 6.22. The molecule has 5 nitrogen and oxygen atoms in total. The van der Waals surface area contributed by atoms with E-state index in [0.717, 1.165) is 10.2 Å². The van der Waals surface area contributed by atoms with Gasteiger partial charge in [0.25, 0.3) is 0 Å². The highest BCUT2D eigenvalue weighted by molar-refractivity contribution is 5.95. The average molecular weight is 282 g/mol. The van der Waals surface area contributed by atoms with Gasteiger partial charge in [0.05, 0.1) is 5.69 Å². The van der Waals surface area contributed by atoms with Crippen LogP contribution in [0.1, 0.15) is 11.3 Å². The standard InChI is InChI=1S/C15H11FN4O/c16-12-5-1-4-11-13(19-20(14(11)12)15(17)21)7-6-10-3-2-8-18-9-10/h1-9H,(H2,17,21). The fraction of sp³-hybridized carbons (Fsp3) is 0. The van der Waals surface area contributed by atoms with E-state index in [1.165, 1.54) is 6.07 Å². The molecule has 0 saturated carbocycles. The van der Waals surface area contributed by atoms with Crippen molar-refractivity contribution in [1.29, 1.82) is 0 Å². The van der Waals surface area contributed by atoms with Crippen LogP contribution in [0.4, 0.5) is 9.18 Å². The molecule has 2 N–H and O–H groups in total. The first-order chi connectivity index (χ1) is 10.2. The summed E-state index contributed by atoms with van der Waals surface area (Å²) in [4.78, 5) is 15.4. The summed E-state index contributed by atoms with van der Waals surface area (Å²) in [6.07, 6.45) is 6.83. The summed E-state index contributed by atoms with van der Waals surface area (Å²) in [5.41, 5.74) is 6.65. The van der Waals surface area contributed by atoms with Crippen LogP contribution in [0.25, 0.3) is 23.1 Å². The summed E-state index contributed by atoms with van der Waals surface area (Å²) in [5.74, 6) is -0.542. The van der Waals surface area contributed by atoms with Crippen molar-refractivity contribution in [2.45, 2.75) is 0 Å². The minimum atomic E-state index is -0.828. The fourth-order valence-corrected chi connectivity index (χ4v) is 2.08. The number of pyridine rings is 1. The molecule has 0 fully saturated rings. The Morgan fingerprint density at radius 3 is 2.81 bits per heavy atom. The number of amides is 1. The number of carbonyl (C=O) groups is 1. The molecule has 0 aliphatic rings. The van der Waals surface area contributed by atoms with Crippen molar-refractivity contribution in [3.63, 3.8) is 0 Å². The lowest BCUT2D eigenvalue weighted by atomic mass is 10.1. The van der Waals surface area contributed by atoms with Gasteiger partial charge in [-0.05, 0) is 23.8 Å². The summed E-state index contributed by atoms with van der Waals surface area (Å²) in [5, 5.41) is 4.58. The molecule has 1 aromatic carbocycles. The van der Waals surface area contributed by atoms with Crippen LogP contribution >= 0.6 is 0 Å². The Labute approximate surface area is 119 Å². The molecule has 3 aromatic rings. The van der Waals surface area contributed by atoms with Gasteiger partial charge in [0.2, 0.25) is 0 Å². The number of rotatable bonds is 2. The Bertz CT molecular complexity index is 840. The van der Waals surface area contributed by atoms with Gasteiger partial charge in [0, 0.05) is 17.8 Å². The largest absolute Gasteiger partial charge is 0.350 e. The van der Waals surface area contributed by atoms with Crippen LogP contribution in [0.3, 0.4) is 0 Å². The van der Waals surface area contributed by atoms with Gasteiger partial charge in [-0.1, -0.05) is 24.3 Å². The van der Waals surface area contributed by atoms with Gasteiger partial charge in [-0.3, -0.25) is 4.98 Å². The molecule has 0 aliphatic heterocycles. The van der Waals surface area contributed by atoms with E-state index >= 15 is 0 Å². The maximum atomic E-state index is 13.9. The Hall–Kier alpha value is -3.02. The van der Waals surface area contributed by atoms with Crippen LogP contribution < -0.4 is 5.73 Å². The maximum Gasteiger partial charge on any atom is 0.340 e. The lowest BCUT2D eigenvalue weighted by molar-refractivity contribution is 0.248. The van der Waals surface area contributed by atoms with Crippen LogP contribution in [0, 0.1) is 5.82 Å². The van der Waals surface area contributed by atoms with Crippen molar-refractivity contribution in [1.82, 2.24) is 14.8 Å². The highest BCUT2D eigenvalue weighted by Gasteiger charge is 2.15. The molecule has 0 aliphatic carbocycles. The third-order valence-corrected chi connectivity index (χ3v) is 3.01. The lowest BCUT2D eigenvalue weighted by Gasteiger charge is -1.96. The first kappa shape index (κ1) is 13.0. The average Bonchev–Trinajstić information content (AvgIpc) is 2.87. The van der Waals surface area contributed by atoms with Crippen molar-refractivity contribution in [2.75, 3.05) is 0 Å². The second kappa shape index (κ2) is 5.16. The van der Waals surface area contributed by atoms with Crippen LogP contribution in [0.2, 0.25) is 0 Å². The molecular weight excluding hydrogens is 271 g/mol. The second-order valence-corrected chi connectivity index (χ2v) is 4.39. The van der Waals surface area contributed by atoms with E-state index in [1.807, 2.05) is 6.07 Å². The van der Waals surface area contributed by atoms with Crippen LogP contribution in [-0.2, 0) is 0 Å². The number of nitrogens with zero attached hydrogens (tertiary/aromatic N) is 3. The smallest absolute Gasteiger partial charge is 0.340 e. The number of hydrogen-bond acceptors (Lipinski definition) is 3. The molecule has 2 heterocycles. The molecule has 2 aromatic heterocycles. The Balaban J connectivity index is 2.13. The third kappa shape index (κ3) is 2.38. The predicted octanol–water partition coefficient (Wildman–Crippen LogP) is 2.67. The number of fused-ring (bicyclic) bond motifs is 1. The zero-order valence-corrected chi connectivity index (χ0v) is 10.9. The summed E-state index contributed by atoms with van der Waals surface area (Å²) in [6, 6.07) is 7.36.